The molecule has 3 aromatic rings. The first-order valence-corrected chi connectivity index (χ1v) is 11.0. The fourth-order valence-corrected chi connectivity index (χ4v) is 4.20. The van der Waals surface area contributed by atoms with E-state index in [2.05, 4.69) is 39.3 Å². The van der Waals surface area contributed by atoms with E-state index in [1.807, 2.05) is 61.0 Å². The van der Waals surface area contributed by atoms with E-state index in [-0.39, 0.29) is 5.91 Å². The number of hydrogen-bond acceptors (Lipinski definition) is 4. The third-order valence-corrected chi connectivity index (χ3v) is 6.05. The van der Waals surface area contributed by atoms with Crippen LogP contribution < -0.4 is 5.32 Å². The zero-order chi connectivity index (χ0) is 21.8. The van der Waals surface area contributed by atoms with Crippen molar-refractivity contribution in [3.8, 4) is 5.69 Å². The SMILES string of the molecule is CCN1CCN(Cc2ccc(NC(=O)c3c(C)nn(-c4ccccc4)c3C)cc2)CC1. The number of anilines is 1. The summed E-state index contributed by atoms with van der Waals surface area (Å²) in [4.78, 5) is 18.0. The molecule has 0 spiro atoms. The number of rotatable bonds is 6. The molecule has 1 amide bonds. The number of piperazine rings is 1. The number of likely N-dealkylation sites (N-methyl/N-ethyl adjacent to an activating group) is 1. The van der Waals surface area contributed by atoms with Crippen molar-refractivity contribution in [1.29, 1.82) is 0 Å². The summed E-state index contributed by atoms with van der Waals surface area (Å²) in [5, 5.41) is 7.62. The molecule has 2 aromatic carbocycles. The van der Waals surface area contributed by atoms with E-state index >= 15 is 0 Å². The van der Waals surface area contributed by atoms with Crippen LogP contribution in [0.1, 0.15) is 34.2 Å². The second kappa shape index (κ2) is 9.45. The second-order valence-corrected chi connectivity index (χ2v) is 8.15. The fraction of sp³-hybridized carbons (Fsp3) is 0.360. The molecule has 1 aliphatic rings. The molecule has 4 rings (SSSR count). The number of carbonyl (C=O) groups excluding carboxylic acids is 1. The maximum absolute atomic E-state index is 13.0. The van der Waals surface area contributed by atoms with Crippen LogP contribution in [-0.2, 0) is 6.54 Å². The molecule has 1 fully saturated rings. The van der Waals surface area contributed by atoms with Crippen LogP contribution in [0.3, 0.4) is 0 Å². The number of hydrogen-bond donors (Lipinski definition) is 1. The maximum atomic E-state index is 13.0. The first-order valence-electron chi connectivity index (χ1n) is 11.0. The third kappa shape index (κ3) is 4.86. The normalized spacial score (nSPS) is 15.2. The Morgan fingerprint density at radius 2 is 1.58 bits per heavy atom. The van der Waals surface area contributed by atoms with Crippen LogP contribution in [0, 0.1) is 13.8 Å². The first kappa shape index (κ1) is 21.3. The molecular weight excluding hydrogens is 386 g/mol. The van der Waals surface area contributed by atoms with Crippen molar-refractivity contribution < 1.29 is 4.79 Å². The lowest BCUT2D eigenvalue weighted by molar-refractivity contribution is 0.102. The molecule has 0 atom stereocenters. The van der Waals surface area contributed by atoms with Crippen LogP contribution in [0.25, 0.3) is 5.69 Å². The van der Waals surface area contributed by atoms with Gasteiger partial charge in [-0.1, -0.05) is 37.3 Å². The van der Waals surface area contributed by atoms with Crippen molar-refractivity contribution in [2.45, 2.75) is 27.3 Å². The Labute approximate surface area is 184 Å². The van der Waals surface area contributed by atoms with Crippen molar-refractivity contribution in [3.63, 3.8) is 0 Å². The van der Waals surface area contributed by atoms with Crippen molar-refractivity contribution in [2.24, 2.45) is 0 Å². The van der Waals surface area contributed by atoms with Gasteiger partial charge in [-0.2, -0.15) is 5.10 Å². The minimum atomic E-state index is -0.124. The van der Waals surface area contributed by atoms with Gasteiger partial charge in [0.05, 0.1) is 22.6 Å². The Morgan fingerprint density at radius 1 is 0.935 bits per heavy atom. The Hall–Kier alpha value is -2.96. The van der Waals surface area contributed by atoms with Gasteiger partial charge in [0.1, 0.15) is 0 Å². The van der Waals surface area contributed by atoms with Gasteiger partial charge in [-0.25, -0.2) is 4.68 Å². The molecule has 0 bridgehead atoms. The van der Waals surface area contributed by atoms with Crippen LogP contribution in [0.5, 0.6) is 0 Å². The van der Waals surface area contributed by atoms with Gasteiger partial charge in [0.2, 0.25) is 0 Å². The predicted molar refractivity (Wildman–Crippen MR) is 125 cm³/mol. The maximum Gasteiger partial charge on any atom is 0.259 e. The van der Waals surface area contributed by atoms with Crippen LogP contribution in [0.4, 0.5) is 5.69 Å². The molecule has 0 radical (unpaired) electrons. The third-order valence-electron chi connectivity index (χ3n) is 6.05. The average Bonchev–Trinajstić information content (AvgIpc) is 3.10. The van der Waals surface area contributed by atoms with E-state index in [1.165, 1.54) is 5.56 Å². The molecule has 162 valence electrons. The lowest BCUT2D eigenvalue weighted by atomic mass is 10.1. The molecule has 0 unspecified atom stereocenters. The predicted octanol–water partition coefficient (Wildman–Crippen LogP) is 3.88. The van der Waals surface area contributed by atoms with E-state index in [4.69, 9.17) is 0 Å². The topological polar surface area (TPSA) is 53.4 Å². The number of para-hydroxylation sites is 1. The van der Waals surface area contributed by atoms with Gasteiger partial charge in [0.15, 0.2) is 0 Å². The number of nitrogens with one attached hydrogen (secondary N) is 1. The van der Waals surface area contributed by atoms with E-state index < -0.39 is 0 Å². The lowest BCUT2D eigenvalue weighted by Crippen LogP contribution is -2.45. The summed E-state index contributed by atoms with van der Waals surface area (Å²) in [5.41, 5.74) is 5.21. The summed E-state index contributed by atoms with van der Waals surface area (Å²) in [6.45, 7) is 12.6. The molecular formula is C25H31N5O. The fourth-order valence-electron chi connectivity index (χ4n) is 4.20. The summed E-state index contributed by atoms with van der Waals surface area (Å²) in [7, 11) is 0. The molecule has 1 aromatic heterocycles. The first-order chi connectivity index (χ1) is 15.0. The summed E-state index contributed by atoms with van der Waals surface area (Å²) in [6, 6.07) is 18.1. The second-order valence-electron chi connectivity index (χ2n) is 8.15. The highest BCUT2D eigenvalue weighted by Gasteiger charge is 2.20. The molecule has 31 heavy (non-hydrogen) atoms. The molecule has 1 aliphatic heterocycles. The van der Waals surface area contributed by atoms with E-state index in [0.29, 0.717) is 5.56 Å². The molecule has 1 saturated heterocycles. The molecule has 6 nitrogen and oxygen atoms in total. The summed E-state index contributed by atoms with van der Waals surface area (Å²) >= 11 is 0. The highest BCUT2D eigenvalue weighted by molar-refractivity contribution is 6.05. The summed E-state index contributed by atoms with van der Waals surface area (Å²) in [5.74, 6) is -0.124. The zero-order valence-electron chi connectivity index (χ0n) is 18.6. The molecule has 6 heteroatoms. The number of carbonyl (C=O) groups is 1. The summed E-state index contributed by atoms with van der Waals surface area (Å²) in [6.07, 6.45) is 0. The van der Waals surface area contributed by atoms with Crippen LogP contribution in [-0.4, -0.2) is 58.2 Å². The number of aromatic nitrogens is 2. The Balaban J connectivity index is 1.41. The van der Waals surface area contributed by atoms with Gasteiger partial charge in [-0.3, -0.25) is 9.69 Å². The highest BCUT2D eigenvalue weighted by Crippen LogP contribution is 2.20. The van der Waals surface area contributed by atoms with Gasteiger partial charge in [0, 0.05) is 38.4 Å². The van der Waals surface area contributed by atoms with Crippen molar-refractivity contribution in [1.82, 2.24) is 19.6 Å². The number of benzene rings is 2. The van der Waals surface area contributed by atoms with Gasteiger partial charge in [0.25, 0.3) is 5.91 Å². The minimum absolute atomic E-state index is 0.124. The van der Waals surface area contributed by atoms with Crippen molar-refractivity contribution in [2.75, 3.05) is 38.0 Å². The van der Waals surface area contributed by atoms with Crippen molar-refractivity contribution in [3.05, 3.63) is 77.1 Å². The van der Waals surface area contributed by atoms with Crippen LogP contribution in [0.15, 0.2) is 54.6 Å². The Kier molecular flexibility index (Phi) is 6.49. The highest BCUT2D eigenvalue weighted by atomic mass is 16.1. The van der Waals surface area contributed by atoms with Crippen LogP contribution in [0.2, 0.25) is 0 Å². The number of aryl methyl sites for hydroxylation is 1. The van der Waals surface area contributed by atoms with Gasteiger partial charge < -0.3 is 10.2 Å². The smallest absolute Gasteiger partial charge is 0.259 e. The molecule has 0 aliphatic carbocycles. The van der Waals surface area contributed by atoms with Crippen molar-refractivity contribution >= 4 is 11.6 Å². The zero-order valence-corrected chi connectivity index (χ0v) is 18.6. The van der Waals surface area contributed by atoms with E-state index in [1.54, 1.807) is 0 Å². The minimum Gasteiger partial charge on any atom is -0.322 e. The van der Waals surface area contributed by atoms with E-state index in [9.17, 15) is 4.79 Å². The van der Waals surface area contributed by atoms with Gasteiger partial charge in [-0.15, -0.1) is 0 Å². The largest absolute Gasteiger partial charge is 0.322 e. The number of amides is 1. The Morgan fingerprint density at radius 3 is 2.23 bits per heavy atom. The summed E-state index contributed by atoms with van der Waals surface area (Å²) < 4.78 is 1.83. The number of nitrogens with zero attached hydrogens (tertiary/aromatic N) is 4. The lowest BCUT2D eigenvalue weighted by Gasteiger charge is -2.34. The quantitative estimate of drug-likeness (QED) is 0.661. The van der Waals surface area contributed by atoms with Gasteiger partial charge in [-0.05, 0) is 50.2 Å². The molecule has 1 N–H and O–H groups in total. The molecule has 2 heterocycles. The average molecular weight is 418 g/mol. The van der Waals surface area contributed by atoms with Crippen LogP contribution >= 0.6 is 0 Å². The Bertz CT molecular complexity index is 1020. The van der Waals surface area contributed by atoms with E-state index in [0.717, 1.165) is 62.0 Å². The van der Waals surface area contributed by atoms with Gasteiger partial charge >= 0.3 is 0 Å². The standard InChI is InChI=1S/C25H31N5O/c1-4-28-14-16-29(17-15-28)18-21-10-12-22(13-11-21)26-25(31)24-19(2)27-30(20(24)3)23-8-6-5-7-9-23/h5-13H,4,14-18H2,1-3H3,(H,26,31). The monoisotopic (exact) mass is 417 g/mol. The molecule has 0 saturated carbocycles.